The standard InChI is InChI=1S/C25H34N4O4S2/c1-29(2)16-15-20(18-34-21-11-7-4-8-12-21)26-23-14-13-22(17-24(23)27-31)35(32,33)28-25(30)19-9-5-3-6-10-19/h4,7-8,11-14,17,19-20,26H,3,5-6,9-10,15-16,18H2,1-2H3,(H,28,30)/t20-/m1/s1. The van der Waals surface area contributed by atoms with E-state index < -0.39 is 15.9 Å². The van der Waals surface area contributed by atoms with Gasteiger partial charge in [0.05, 0.1) is 10.6 Å². The van der Waals surface area contributed by atoms with E-state index in [1.807, 2.05) is 44.4 Å². The third-order valence-corrected chi connectivity index (χ3v) is 8.59. The van der Waals surface area contributed by atoms with Gasteiger partial charge in [-0.15, -0.1) is 16.7 Å². The monoisotopic (exact) mass is 518 g/mol. The summed E-state index contributed by atoms with van der Waals surface area (Å²) in [7, 11) is -0.0892. The molecule has 3 rings (SSSR count). The van der Waals surface area contributed by atoms with Gasteiger partial charge in [0, 0.05) is 22.6 Å². The fourth-order valence-electron chi connectivity index (χ4n) is 4.06. The maximum Gasteiger partial charge on any atom is 0.264 e. The summed E-state index contributed by atoms with van der Waals surface area (Å²) in [5.74, 6) is -0.00917. The van der Waals surface area contributed by atoms with Crippen molar-refractivity contribution >= 4 is 39.1 Å². The zero-order valence-corrected chi connectivity index (χ0v) is 21.9. The molecule has 0 aromatic heterocycles. The van der Waals surface area contributed by atoms with Gasteiger partial charge in [0.15, 0.2) is 0 Å². The second-order valence-electron chi connectivity index (χ2n) is 9.13. The number of benzene rings is 2. The summed E-state index contributed by atoms with van der Waals surface area (Å²) >= 11 is 1.71. The van der Waals surface area contributed by atoms with E-state index in [2.05, 4.69) is 20.1 Å². The molecular formula is C25H34N4O4S2. The summed E-state index contributed by atoms with van der Waals surface area (Å²) in [5, 5.41) is 6.45. The van der Waals surface area contributed by atoms with Crippen molar-refractivity contribution in [3.8, 4) is 0 Å². The molecule has 0 heterocycles. The van der Waals surface area contributed by atoms with E-state index in [4.69, 9.17) is 0 Å². The highest BCUT2D eigenvalue weighted by molar-refractivity contribution is 7.99. The molecule has 190 valence electrons. The third kappa shape index (κ3) is 8.33. The van der Waals surface area contributed by atoms with E-state index in [-0.39, 0.29) is 22.5 Å². The molecule has 1 fully saturated rings. The molecule has 1 aliphatic rings. The van der Waals surface area contributed by atoms with Gasteiger partial charge in [-0.3, -0.25) is 4.79 Å². The van der Waals surface area contributed by atoms with Crippen molar-refractivity contribution in [2.75, 3.05) is 31.7 Å². The number of amides is 1. The Morgan fingerprint density at radius 1 is 1.11 bits per heavy atom. The lowest BCUT2D eigenvalue weighted by Crippen LogP contribution is -2.36. The van der Waals surface area contributed by atoms with Gasteiger partial charge in [-0.1, -0.05) is 37.5 Å². The lowest BCUT2D eigenvalue weighted by Gasteiger charge is -2.23. The molecule has 35 heavy (non-hydrogen) atoms. The number of nitroso groups, excluding NO2 is 1. The first-order chi connectivity index (χ1) is 16.8. The average molecular weight is 519 g/mol. The summed E-state index contributed by atoms with van der Waals surface area (Å²) < 4.78 is 27.8. The number of carbonyl (C=O) groups excluding carboxylic acids is 1. The van der Waals surface area contributed by atoms with E-state index in [0.29, 0.717) is 18.5 Å². The van der Waals surface area contributed by atoms with Crippen LogP contribution in [0.3, 0.4) is 0 Å². The zero-order chi connectivity index (χ0) is 25.3. The van der Waals surface area contributed by atoms with Gasteiger partial charge in [0.25, 0.3) is 10.0 Å². The number of nitrogens with one attached hydrogen (secondary N) is 2. The van der Waals surface area contributed by atoms with Crippen LogP contribution in [0.15, 0.2) is 63.5 Å². The quantitative estimate of drug-likeness (QED) is 0.301. The molecule has 0 unspecified atom stereocenters. The summed E-state index contributed by atoms with van der Waals surface area (Å²) in [4.78, 5) is 27.2. The molecule has 1 amide bonds. The second kappa shape index (κ2) is 13.0. The van der Waals surface area contributed by atoms with Crippen LogP contribution >= 0.6 is 11.8 Å². The number of thioether (sulfide) groups is 1. The van der Waals surface area contributed by atoms with Gasteiger partial charge < -0.3 is 10.2 Å². The Labute approximate surface area is 212 Å². The predicted octanol–water partition coefficient (Wildman–Crippen LogP) is 4.99. The minimum atomic E-state index is -4.09. The van der Waals surface area contributed by atoms with Crippen molar-refractivity contribution in [2.45, 2.75) is 54.4 Å². The number of rotatable bonds is 12. The molecular weight excluding hydrogens is 484 g/mol. The van der Waals surface area contributed by atoms with Crippen molar-refractivity contribution in [2.24, 2.45) is 11.1 Å². The number of nitrogens with zero attached hydrogens (tertiary/aromatic N) is 2. The first-order valence-electron chi connectivity index (χ1n) is 11.9. The molecule has 0 saturated heterocycles. The first kappa shape index (κ1) is 27.2. The predicted molar refractivity (Wildman–Crippen MR) is 142 cm³/mol. The lowest BCUT2D eigenvalue weighted by atomic mass is 9.89. The average Bonchev–Trinajstić information content (AvgIpc) is 2.86. The van der Waals surface area contributed by atoms with Crippen LogP contribution in [0, 0.1) is 10.8 Å². The smallest absolute Gasteiger partial charge is 0.264 e. The summed E-state index contributed by atoms with van der Waals surface area (Å²) in [6.07, 6.45) is 5.13. The minimum absolute atomic E-state index is 0.00226. The number of anilines is 1. The van der Waals surface area contributed by atoms with E-state index in [1.54, 1.807) is 17.8 Å². The van der Waals surface area contributed by atoms with Gasteiger partial charge >= 0.3 is 0 Å². The number of sulfonamides is 1. The molecule has 8 nitrogen and oxygen atoms in total. The van der Waals surface area contributed by atoms with Crippen LogP contribution in [-0.2, 0) is 14.8 Å². The van der Waals surface area contributed by atoms with Crippen molar-refractivity contribution in [1.29, 1.82) is 0 Å². The fourth-order valence-corrected chi connectivity index (χ4v) is 6.12. The maximum absolute atomic E-state index is 12.8. The minimum Gasteiger partial charge on any atom is -0.380 e. The highest BCUT2D eigenvalue weighted by atomic mass is 32.2. The van der Waals surface area contributed by atoms with Crippen LogP contribution in [0.4, 0.5) is 11.4 Å². The Hall–Kier alpha value is -2.43. The maximum atomic E-state index is 12.8. The van der Waals surface area contributed by atoms with Crippen molar-refractivity contribution < 1.29 is 13.2 Å². The van der Waals surface area contributed by atoms with Crippen LogP contribution in [0.5, 0.6) is 0 Å². The summed E-state index contributed by atoms with van der Waals surface area (Å²) in [6, 6.07) is 14.3. The van der Waals surface area contributed by atoms with Crippen LogP contribution in [-0.4, -0.2) is 51.7 Å². The van der Waals surface area contributed by atoms with Gasteiger partial charge in [-0.25, -0.2) is 13.1 Å². The third-order valence-electron chi connectivity index (χ3n) is 6.07. The van der Waals surface area contributed by atoms with Crippen molar-refractivity contribution in [3.63, 3.8) is 0 Å². The SMILES string of the molecule is CN(C)CC[C@H](CSc1ccccc1)Nc1ccc(S(=O)(=O)NC(=O)C2CCCCC2)cc1N=O. The van der Waals surface area contributed by atoms with E-state index >= 15 is 0 Å². The van der Waals surface area contributed by atoms with E-state index in [0.717, 1.165) is 42.9 Å². The molecule has 1 saturated carbocycles. The topological polar surface area (TPSA) is 108 Å². The second-order valence-corrected chi connectivity index (χ2v) is 11.9. The zero-order valence-electron chi connectivity index (χ0n) is 20.3. The molecule has 2 N–H and O–H groups in total. The number of hydrogen-bond acceptors (Lipinski definition) is 8. The Bertz CT molecular complexity index is 1090. The molecule has 1 aliphatic carbocycles. The molecule has 0 spiro atoms. The molecule has 1 atom stereocenters. The van der Waals surface area contributed by atoms with Gasteiger partial charge in [-0.05, 0) is 75.4 Å². The Morgan fingerprint density at radius 2 is 1.83 bits per heavy atom. The van der Waals surface area contributed by atoms with Crippen molar-refractivity contribution in [1.82, 2.24) is 9.62 Å². The Kier molecular flexibility index (Phi) is 10.1. The molecule has 0 bridgehead atoms. The first-order valence-corrected chi connectivity index (χ1v) is 14.4. The summed E-state index contributed by atoms with van der Waals surface area (Å²) in [5.41, 5.74) is 0.465. The van der Waals surface area contributed by atoms with E-state index in [9.17, 15) is 18.1 Å². The van der Waals surface area contributed by atoms with Gasteiger partial charge in [-0.2, -0.15) is 0 Å². The highest BCUT2D eigenvalue weighted by Gasteiger charge is 2.26. The van der Waals surface area contributed by atoms with E-state index in [1.165, 1.54) is 12.1 Å². The van der Waals surface area contributed by atoms with Crippen molar-refractivity contribution in [3.05, 3.63) is 53.4 Å². The Balaban J connectivity index is 1.72. The van der Waals surface area contributed by atoms with Gasteiger partial charge in [0.2, 0.25) is 5.91 Å². The molecule has 2 aromatic carbocycles. The molecule has 0 radical (unpaired) electrons. The lowest BCUT2D eigenvalue weighted by molar-refractivity contribution is -0.124. The van der Waals surface area contributed by atoms with Gasteiger partial charge in [0.1, 0.15) is 5.69 Å². The molecule has 2 aromatic rings. The number of hydrogen-bond donors (Lipinski definition) is 2. The van der Waals surface area contributed by atoms with Crippen LogP contribution in [0.25, 0.3) is 0 Å². The van der Waals surface area contributed by atoms with Crippen LogP contribution in [0.1, 0.15) is 38.5 Å². The molecule has 0 aliphatic heterocycles. The molecule has 10 heteroatoms. The highest BCUT2D eigenvalue weighted by Crippen LogP contribution is 2.31. The number of carbonyl (C=O) groups is 1. The van der Waals surface area contributed by atoms with Crippen LogP contribution in [0.2, 0.25) is 0 Å². The largest absolute Gasteiger partial charge is 0.380 e. The summed E-state index contributed by atoms with van der Waals surface area (Å²) in [6.45, 7) is 0.844. The fraction of sp³-hybridized carbons (Fsp3) is 0.480. The van der Waals surface area contributed by atoms with Crippen LogP contribution < -0.4 is 10.0 Å². The normalized spacial score (nSPS) is 15.5. The Morgan fingerprint density at radius 3 is 2.49 bits per heavy atom.